The molecule has 1 heterocycles. The third-order valence-electron chi connectivity index (χ3n) is 3.46. The van der Waals surface area contributed by atoms with E-state index in [1.54, 1.807) is 18.2 Å². The van der Waals surface area contributed by atoms with Crippen molar-refractivity contribution in [2.24, 2.45) is 5.92 Å². The highest BCUT2D eigenvalue weighted by atomic mass is 32.2. The SMILES string of the molecule is C=C/C=C1\CN(S(=O)(=O)c2ccc(C)cc2)CC1C. The molecule has 1 aromatic rings. The molecule has 0 bridgehead atoms. The molecule has 0 aliphatic carbocycles. The van der Waals surface area contributed by atoms with Gasteiger partial charge in [0.25, 0.3) is 0 Å². The van der Waals surface area contributed by atoms with E-state index in [0.717, 1.165) is 11.1 Å². The van der Waals surface area contributed by atoms with Crippen LogP contribution >= 0.6 is 0 Å². The summed E-state index contributed by atoms with van der Waals surface area (Å²) in [5.74, 6) is 0.248. The first-order chi connectivity index (χ1) is 8.95. The number of rotatable bonds is 3. The van der Waals surface area contributed by atoms with Gasteiger partial charge < -0.3 is 0 Å². The average molecular weight is 277 g/mol. The van der Waals surface area contributed by atoms with E-state index in [1.807, 2.05) is 32.1 Å². The second-order valence-electron chi connectivity index (χ2n) is 4.99. The fourth-order valence-corrected chi connectivity index (χ4v) is 3.77. The molecule has 1 aromatic carbocycles. The minimum Gasteiger partial charge on any atom is -0.207 e. The molecule has 4 heteroatoms. The van der Waals surface area contributed by atoms with Crippen molar-refractivity contribution in [1.29, 1.82) is 0 Å². The second-order valence-corrected chi connectivity index (χ2v) is 6.93. The lowest BCUT2D eigenvalue weighted by Gasteiger charge is -2.15. The molecule has 1 unspecified atom stereocenters. The molecule has 0 amide bonds. The van der Waals surface area contributed by atoms with Crippen LogP contribution in [0.15, 0.2) is 53.5 Å². The lowest BCUT2D eigenvalue weighted by molar-refractivity contribution is 0.464. The maximum atomic E-state index is 12.5. The van der Waals surface area contributed by atoms with E-state index in [-0.39, 0.29) is 5.92 Å². The van der Waals surface area contributed by atoms with Gasteiger partial charge in [0, 0.05) is 13.1 Å². The quantitative estimate of drug-likeness (QED) is 0.852. The summed E-state index contributed by atoms with van der Waals surface area (Å²) in [6.07, 6.45) is 3.63. The fraction of sp³-hybridized carbons (Fsp3) is 0.333. The Balaban J connectivity index is 2.29. The predicted octanol–water partition coefficient (Wildman–Crippen LogP) is 2.75. The monoisotopic (exact) mass is 277 g/mol. The Kier molecular flexibility index (Phi) is 3.92. The molecule has 19 heavy (non-hydrogen) atoms. The number of allylic oxidation sites excluding steroid dienone is 2. The smallest absolute Gasteiger partial charge is 0.207 e. The summed E-state index contributed by atoms with van der Waals surface area (Å²) in [5.41, 5.74) is 2.17. The van der Waals surface area contributed by atoms with E-state index < -0.39 is 10.0 Å². The third kappa shape index (κ3) is 2.80. The summed E-state index contributed by atoms with van der Waals surface area (Å²) < 4.78 is 26.6. The van der Waals surface area contributed by atoms with Gasteiger partial charge in [-0.2, -0.15) is 4.31 Å². The molecule has 0 spiro atoms. The molecular weight excluding hydrogens is 258 g/mol. The van der Waals surface area contributed by atoms with Crippen LogP contribution in [0.5, 0.6) is 0 Å². The van der Waals surface area contributed by atoms with Crippen LogP contribution in [-0.2, 0) is 10.0 Å². The molecule has 0 saturated carbocycles. The van der Waals surface area contributed by atoms with Crippen LogP contribution in [0.25, 0.3) is 0 Å². The number of aryl methyl sites for hydroxylation is 1. The Morgan fingerprint density at radius 2 is 1.95 bits per heavy atom. The van der Waals surface area contributed by atoms with Gasteiger partial charge in [-0.15, -0.1) is 0 Å². The van der Waals surface area contributed by atoms with Crippen molar-refractivity contribution in [2.75, 3.05) is 13.1 Å². The molecule has 2 rings (SSSR count). The van der Waals surface area contributed by atoms with Gasteiger partial charge in [0.15, 0.2) is 0 Å². The normalized spacial score (nSPS) is 22.8. The average Bonchev–Trinajstić information content (AvgIpc) is 2.73. The number of hydrogen-bond acceptors (Lipinski definition) is 2. The lowest BCUT2D eigenvalue weighted by Crippen LogP contribution is -2.28. The zero-order valence-electron chi connectivity index (χ0n) is 11.3. The topological polar surface area (TPSA) is 37.4 Å². The Labute approximate surface area is 115 Å². The second kappa shape index (κ2) is 5.31. The summed E-state index contributed by atoms with van der Waals surface area (Å²) in [6.45, 7) is 8.65. The Hall–Kier alpha value is -1.39. The largest absolute Gasteiger partial charge is 0.243 e. The van der Waals surface area contributed by atoms with E-state index >= 15 is 0 Å². The van der Waals surface area contributed by atoms with Crippen LogP contribution in [0.1, 0.15) is 12.5 Å². The summed E-state index contributed by atoms with van der Waals surface area (Å²) >= 11 is 0. The van der Waals surface area contributed by atoms with Crippen LogP contribution in [0.4, 0.5) is 0 Å². The lowest BCUT2D eigenvalue weighted by atomic mass is 10.1. The molecule has 0 radical (unpaired) electrons. The molecule has 1 aliphatic heterocycles. The zero-order valence-corrected chi connectivity index (χ0v) is 12.2. The van der Waals surface area contributed by atoms with Crippen LogP contribution in [-0.4, -0.2) is 25.8 Å². The van der Waals surface area contributed by atoms with Gasteiger partial charge in [-0.05, 0) is 25.0 Å². The zero-order chi connectivity index (χ0) is 14.0. The molecule has 3 nitrogen and oxygen atoms in total. The van der Waals surface area contributed by atoms with Crippen molar-refractivity contribution >= 4 is 10.0 Å². The van der Waals surface area contributed by atoms with E-state index in [2.05, 4.69) is 6.58 Å². The molecule has 1 saturated heterocycles. The first-order valence-electron chi connectivity index (χ1n) is 6.33. The van der Waals surface area contributed by atoms with Crippen molar-refractivity contribution < 1.29 is 8.42 Å². The Bertz CT molecular complexity index is 600. The number of benzene rings is 1. The summed E-state index contributed by atoms with van der Waals surface area (Å²) in [5, 5.41) is 0. The highest BCUT2D eigenvalue weighted by molar-refractivity contribution is 7.89. The molecule has 102 valence electrons. The van der Waals surface area contributed by atoms with Gasteiger partial charge in [-0.3, -0.25) is 0 Å². The van der Waals surface area contributed by atoms with Crippen LogP contribution in [0.2, 0.25) is 0 Å². The van der Waals surface area contributed by atoms with Gasteiger partial charge in [-0.1, -0.05) is 48.9 Å². The van der Waals surface area contributed by atoms with Gasteiger partial charge in [0.2, 0.25) is 10.0 Å². The van der Waals surface area contributed by atoms with Crippen LogP contribution in [0.3, 0.4) is 0 Å². The van der Waals surface area contributed by atoms with Crippen molar-refractivity contribution in [1.82, 2.24) is 4.31 Å². The molecule has 1 aliphatic rings. The number of sulfonamides is 1. The summed E-state index contributed by atoms with van der Waals surface area (Å²) in [6, 6.07) is 6.99. The molecule has 0 N–H and O–H groups in total. The first kappa shape index (κ1) is 14.0. The Morgan fingerprint density at radius 1 is 1.32 bits per heavy atom. The highest BCUT2D eigenvalue weighted by Gasteiger charge is 2.33. The fourth-order valence-electron chi connectivity index (χ4n) is 2.26. The van der Waals surface area contributed by atoms with Gasteiger partial charge in [0.05, 0.1) is 4.90 Å². The third-order valence-corrected chi connectivity index (χ3v) is 5.29. The molecular formula is C15H19NO2S. The van der Waals surface area contributed by atoms with Gasteiger partial charge in [0.1, 0.15) is 0 Å². The molecule has 0 aromatic heterocycles. The summed E-state index contributed by atoms with van der Waals surface area (Å²) in [7, 11) is -3.38. The van der Waals surface area contributed by atoms with Crippen molar-refractivity contribution in [2.45, 2.75) is 18.7 Å². The minimum absolute atomic E-state index is 0.248. The maximum Gasteiger partial charge on any atom is 0.243 e. The number of nitrogens with zero attached hydrogens (tertiary/aromatic N) is 1. The minimum atomic E-state index is -3.38. The van der Waals surface area contributed by atoms with Crippen LogP contribution in [0, 0.1) is 12.8 Å². The van der Waals surface area contributed by atoms with E-state index in [0.29, 0.717) is 18.0 Å². The maximum absolute atomic E-state index is 12.5. The van der Waals surface area contributed by atoms with E-state index in [1.165, 1.54) is 4.31 Å². The van der Waals surface area contributed by atoms with Crippen LogP contribution < -0.4 is 0 Å². The summed E-state index contributed by atoms with van der Waals surface area (Å²) in [4.78, 5) is 0.366. The van der Waals surface area contributed by atoms with Crippen molar-refractivity contribution in [3.8, 4) is 0 Å². The molecule has 1 atom stereocenters. The molecule has 1 fully saturated rings. The van der Waals surface area contributed by atoms with Gasteiger partial charge >= 0.3 is 0 Å². The van der Waals surface area contributed by atoms with E-state index in [4.69, 9.17) is 0 Å². The van der Waals surface area contributed by atoms with Gasteiger partial charge in [-0.25, -0.2) is 8.42 Å². The van der Waals surface area contributed by atoms with Crippen molar-refractivity contribution in [3.63, 3.8) is 0 Å². The van der Waals surface area contributed by atoms with E-state index in [9.17, 15) is 8.42 Å². The standard InChI is InChI=1S/C15H19NO2S/c1-4-5-14-11-16(10-13(14)3)19(17,18)15-8-6-12(2)7-9-15/h4-9,13H,1,10-11H2,2-3H3/b14-5+. The predicted molar refractivity (Wildman–Crippen MR) is 77.4 cm³/mol. The number of hydrogen-bond donors (Lipinski definition) is 0. The highest BCUT2D eigenvalue weighted by Crippen LogP contribution is 2.28. The Morgan fingerprint density at radius 3 is 2.53 bits per heavy atom. The first-order valence-corrected chi connectivity index (χ1v) is 7.77. The van der Waals surface area contributed by atoms with Crippen molar-refractivity contribution in [3.05, 3.63) is 54.1 Å².